The summed E-state index contributed by atoms with van der Waals surface area (Å²) in [6, 6.07) is 20.2. The van der Waals surface area contributed by atoms with Crippen molar-refractivity contribution in [3.8, 4) is 11.5 Å². The highest BCUT2D eigenvalue weighted by Gasteiger charge is 2.56. The molecular formula is C29H29ClN2O6. The molecule has 4 unspecified atom stereocenters. The second kappa shape index (κ2) is 11.2. The standard InChI is InChI=1S/C29H29ClN2O6/c1-29(36)16-21(33)25(27(34)31-19-8-4-6-10-22(19)37-2)24(17-12-14-18(30)15-13-17)26(29)28(35)32-20-9-5-7-11-23(20)38-3/h4-15,24-26,36H,16H2,1-3H3,(H,31,34)(H,32,35). The molecule has 4 atom stereocenters. The number of para-hydroxylation sites is 4. The van der Waals surface area contributed by atoms with Crippen LogP contribution in [0.2, 0.25) is 5.02 Å². The van der Waals surface area contributed by atoms with Crippen LogP contribution in [0, 0.1) is 11.8 Å². The Bertz CT molecular complexity index is 1340. The van der Waals surface area contributed by atoms with Crippen molar-refractivity contribution in [1.29, 1.82) is 0 Å². The van der Waals surface area contributed by atoms with Gasteiger partial charge in [0.05, 0.1) is 37.1 Å². The van der Waals surface area contributed by atoms with Crippen molar-refractivity contribution >= 4 is 40.6 Å². The third-order valence-corrected chi connectivity index (χ3v) is 7.07. The van der Waals surface area contributed by atoms with Crippen LogP contribution >= 0.6 is 11.6 Å². The Morgan fingerprint density at radius 2 is 1.37 bits per heavy atom. The van der Waals surface area contributed by atoms with Crippen LogP contribution in [0.15, 0.2) is 72.8 Å². The van der Waals surface area contributed by atoms with Crippen molar-refractivity contribution in [2.24, 2.45) is 11.8 Å². The zero-order valence-corrected chi connectivity index (χ0v) is 22.0. The van der Waals surface area contributed by atoms with Crippen molar-refractivity contribution in [1.82, 2.24) is 0 Å². The average molecular weight is 537 g/mol. The Labute approximate surface area is 225 Å². The van der Waals surface area contributed by atoms with Gasteiger partial charge in [-0.25, -0.2) is 0 Å². The molecule has 2 amide bonds. The topological polar surface area (TPSA) is 114 Å². The predicted octanol–water partition coefficient (Wildman–Crippen LogP) is 4.67. The number of aliphatic hydroxyl groups is 1. The van der Waals surface area contributed by atoms with E-state index in [0.717, 1.165) is 0 Å². The van der Waals surface area contributed by atoms with Crippen LogP contribution in [-0.2, 0) is 14.4 Å². The Balaban J connectivity index is 1.78. The number of carbonyl (C=O) groups excluding carboxylic acids is 3. The summed E-state index contributed by atoms with van der Waals surface area (Å²) in [4.78, 5) is 41.0. The number of amides is 2. The Kier molecular flexibility index (Phi) is 8.04. The van der Waals surface area contributed by atoms with Crippen LogP contribution in [0.3, 0.4) is 0 Å². The van der Waals surface area contributed by atoms with Gasteiger partial charge in [-0.3, -0.25) is 14.4 Å². The van der Waals surface area contributed by atoms with Gasteiger partial charge in [0.2, 0.25) is 11.8 Å². The van der Waals surface area contributed by atoms with Gasteiger partial charge in [-0.1, -0.05) is 48.0 Å². The number of anilines is 2. The minimum Gasteiger partial charge on any atom is -0.495 e. The Morgan fingerprint density at radius 3 is 1.89 bits per heavy atom. The van der Waals surface area contributed by atoms with E-state index in [4.69, 9.17) is 21.1 Å². The molecule has 8 nitrogen and oxygen atoms in total. The monoisotopic (exact) mass is 536 g/mol. The first-order chi connectivity index (χ1) is 18.2. The fourth-order valence-electron chi connectivity index (χ4n) is 5.09. The van der Waals surface area contributed by atoms with E-state index in [1.807, 2.05) is 0 Å². The fraction of sp³-hybridized carbons (Fsp3) is 0.276. The lowest BCUT2D eigenvalue weighted by atomic mass is 9.61. The molecule has 1 aliphatic rings. The number of hydrogen-bond donors (Lipinski definition) is 3. The quantitative estimate of drug-likeness (QED) is 0.378. The number of rotatable bonds is 7. The maximum Gasteiger partial charge on any atom is 0.235 e. The predicted molar refractivity (Wildman–Crippen MR) is 145 cm³/mol. The molecule has 0 aromatic heterocycles. The highest BCUT2D eigenvalue weighted by Crippen LogP contribution is 2.47. The van der Waals surface area contributed by atoms with Crippen molar-refractivity contribution in [2.45, 2.75) is 24.9 Å². The average Bonchev–Trinajstić information content (AvgIpc) is 2.88. The lowest BCUT2D eigenvalue weighted by molar-refractivity contribution is -0.150. The van der Waals surface area contributed by atoms with Crippen LogP contribution < -0.4 is 20.1 Å². The van der Waals surface area contributed by atoms with Gasteiger partial charge < -0.3 is 25.2 Å². The van der Waals surface area contributed by atoms with Gasteiger partial charge in [0.1, 0.15) is 23.2 Å². The number of ketones is 1. The van der Waals surface area contributed by atoms with Gasteiger partial charge in [0, 0.05) is 17.4 Å². The molecule has 4 rings (SSSR count). The summed E-state index contributed by atoms with van der Waals surface area (Å²) in [5, 5.41) is 17.5. The fourth-order valence-corrected chi connectivity index (χ4v) is 5.22. The van der Waals surface area contributed by atoms with Gasteiger partial charge >= 0.3 is 0 Å². The Hall–Kier alpha value is -3.88. The smallest absolute Gasteiger partial charge is 0.235 e. The SMILES string of the molecule is COc1ccccc1NC(=O)C1C(=O)CC(C)(O)C(C(=O)Nc2ccccc2OC)C1c1ccc(Cl)cc1. The third kappa shape index (κ3) is 5.51. The summed E-state index contributed by atoms with van der Waals surface area (Å²) in [5.74, 6) is -4.22. The summed E-state index contributed by atoms with van der Waals surface area (Å²) < 4.78 is 10.7. The van der Waals surface area contributed by atoms with Crippen molar-refractivity contribution in [3.05, 3.63) is 83.4 Å². The van der Waals surface area contributed by atoms with E-state index < -0.39 is 41.0 Å². The number of Topliss-reactive ketones (excluding diaryl/α,β-unsaturated/α-hetero) is 1. The highest BCUT2D eigenvalue weighted by molar-refractivity contribution is 6.30. The van der Waals surface area contributed by atoms with E-state index in [0.29, 0.717) is 33.5 Å². The molecule has 0 radical (unpaired) electrons. The minimum atomic E-state index is -1.74. The Morgan fingerprint density at radius 1 is 0.868 bits per heavy atom. The maximum absolute atomic E-state index is 13.8. The van der Waals surface area contributed by atoms with Crippen LogP contribution in [-0.4, -0.2) is 42.5 Å². The molecule has 9 heteroatoms. The molecule has 0 saturated heterocycles. The minimum absolute atomic E-state index is 0.384. The van der Waals surface area contributed by atoms with Crippen molar-refractivity contribution < 1.29 is 29.0 Å². The van der Waals surface area contributed by atoms with E-state index >= 15 is 0 Å². The second-order valence-corrected chi connectivity index (χ2v) is 9.85. The number of ether oxygens (including phenoxy) is 2. The first-order valence-electron chi connectivity index (χ1n) is 12.0. The molecule has 3 aromatic carbocycles. The first-order valence-corrected chi connectivity index (χ1v) is 12.4. The number of hydrogen-bond acceptors (Lipinski definition) is 6. The molecule has 1 aliphatic carbocycles. The number of carbonyl (C=O) groups is 3. The number of methoxy groups -OCH3 is 2. The molecule has 38 heavy (non-hydrogen) atoms. The molecule has 0 spiro atoms. The molecular weight excluding hydrogens is 508 g/mol. The zero-order valence-electron chi connectivity index (χ0n) is 21.2. The van der Waals surface area contributed by atoms with E-state index in [1.54, 1.807) is 72.8 Å². The molecule has 0 bridgehead atoms. The summed E-state index contributed by atoms with van der Waals surface area (Å²) in [5.41, 5.74) is -0.440. The van der Waals surface area contributed by atoms with E-state index in [9.17, 15) is 19.5 Å². The van der Waals surface area contributed by atoms with Gasteiger partial charge in [-0.05, 0) is 48.9 Å². The summed E-state index contributed by atoms with van der Waals surface area (Å²) in [7, 11) is 2.96. The van der Waals surface area contributed by atoms with Crippen LogP contribution in [0.25, 0.3) is 0 Å². The van der Waals surface area contributed by atoms with Crippen molar-refractivity contribution in [3.63, 3.8) is 0 Å². The lowest BCUT2D eigenvalue weighted by Gasteiger charge is -2.44. The summed E-state index contributed by atoms with van der Waals surface area (Å²) in [6.07, 6.45) is -0.384. The summed E-state index contributed by atoms with van der Waals surface area (Å²) in [6.45, 7) is 1.44. The van der Waals surface area contributed by atoms with Gasteiger partial charge in [-0.2, -0.15) is 0 Å². The summed E-state index contributed by atoms with van der Waals surface area (Å²) >= 11 is 6.11. The highest BCUT2D eigenvalue weighted by atomic mass is 35.5. The zero-order chi connectivity index (χ0) is 27.4. The van der Waals surface area contributed by atoms with E-state index in [1.165, 1.54) is 21.1 Å². The van der Waals surface area contributed by atoms with Gasteiger partial charge in [0.25, 0.3) is 0 Å². The number of benzene rings is 3. The maximum atomic E-state index is 13.8. The molecule has 0 heterocycles. The van der Waals surface area contributed by atoms with Crippen LogP contribution in [0.5, 0.6) is 11.5 Å². The number of halogens is 1. The third-order valence-electron chi connectivity index (χ3n) is 6.82. The van der Waals surface area contributed by atoms with Gasteiger partial charge in [-0.15, -0.1) is 0 Å². The molecule has 3 aromatic rings. The second-order valence-electron chi connectivity index (χ2n) is 9.41. The molecule has 1 fully saturated rings. The van der Waals surface area contributed by atoms with E-state index in [-0.39, 0.29) is 6.42 Å². The number of nitrogens with one attached hydrogen (secondary N) is 2. The molecule has 3 N–H and O–H groups in total. The largest absolute Gasteiger partial charge is 0.495 e. The van der Waals surface area contributed by atoms with Crippen LogP contribution in [0.4, 0.5) is 11.4 Å². The molecule has 1 saturated carbocycles. The van der Waals surface area contributed by atoms with Gasteiger partial charge in [0.15, 0.2) is 0 Å². The van der Waals surface area contributed by atoms with E-state index in [2.05, 4.69) is 10.6 Å². The normalized spacial score (nSPS) is 22.9. The molecule has 0 aliphatic heterocycles. The van der Waals surface area contributed by atoms with Crippen molar-refractivity contribution in [2.75, 3.05) is 24.9 Å². The van der Waals surface area contributed by atoms with Crippen LogP contribution in [0.1, 0.15) is 24.8 Å². The lowest BCUT2D eigenvalue weighted by Crippen LogP contribution is -2.56. The first kappa shape index (κ1) is 27.2. The molecule has 198 valence electrons.